The van der Waals surface area contributed by atoms with Crippen LogP contribution in [0.4, 0.5) is 0 Å². The highest BCUT2D eigenvalue weighted by molar-refractivity contribution is 6.00. The zero-order valence-electron chi connectivity index (χ0n) is 18.5. The molecule has 3 atom stereocenters. The van der Waals surface area contributed by atoms with Crippen molar-refractivity contribution < 1.29 is 28.6 Å². The first-order valence-electron chi connectivity index (χ1n) is 10.7. The molecule has 4 rings (SSSR count). The van der Waals surface area contributed by atoms with Crippen LogP contribution in [-0.2, 0) is 35.2 Å². The zero-order chi connectivity index (χ0) is 23.4. The molecule has 2 aliphatic heterocycles. The van der Waals surface area contributed by atoms with E-state index in [1.807, 2.05) is 25.1 Å². The molecule has 9 nitrogen and oxygen atoms in total. The molecule has 2 amide bonds. The fourth-order valence-electron chi connectivity index (χ4n) is 3.66. The van der Waals surface area contributed by atoms with E-state index in [-0.39, 0.29) is 38.4 Å². The molecule has 1 saturated heterocycles. The second-order valence-electron chi connectivity index (χ2n) is 8.00. The fourth-order valence-corrected chi connectivity index (χ4v) is 3.66. The van der Waals surface area contributed by atoms with Crippen LogP contribution < -0.4 is 0 Å². The summed E-state index contributed by atoms with van der Waals surface area (Å²) in [5.41, 5.74) is 3.28. The normalized spacial score (nSPS) is 21.9. The van der Waals surface area contributed by atoms with Crippen LogP contribution in [0.2, 0.25) is 0 Å². The quantitative estimate of drug-likeness (QED) is 0.259. The van der Waals surface area contributed by atoms with Crippen LogP contribution >= 0.6 is 0 Å². The van der Waals surface area contributed by atoms with E-state index in [1.54, 1.807) is 37.5 Å². The number of hydrogen-bond donors (Lipinski definition) is 0. The van der Waals surface area contributed by atoms with E-state index < -0.39 is 23.9 Å². The smallest absolute Gasteiger partial charge is 0.332 e. The van der Waals surface area contributed by atoms with E-state index in [9.17, 15) is 14.4 Å². The first kappa shape index (κ1) is 22.8. The number of carbonyl (C=O) groups is 3. The average Bonchev–Trinajstić information content (AvgIpc) is 3.29. The lowest BCUT2D eigenvalue weighted by Gasteiger charge is -2.23. The van der Waals surface area contributed by atoms with E-state index in [0.29, 0.717) is 5.69 Å². The van der Waals surface area contributed by atoms with Crippen molar-refractivity contribution in [2.45, 2.75) is 32.7 Å². The van der Waals surface area contributed by atoms with Gasteiger partial charge in [0.25, 0.3) is 5.91 Å². The number of imide groups is 1. The summed E-state index contributed by atoms with van der Waals surface area (Å²) in [6.45, 7) is 3.56. The maximum absolute atomic E-state index is 12.5. The lowest BCUT2D eigenvalue weighted by atomic mass is 10.0. The first-order chi connectivity index (χ1) is 15.9. The molecule has 2 bridgehead atoms. The van der Waals surface area contributed by atoms with E-state index in [2.05, 4.69) is 9.97 Å². The van der Waals surface area contributed by atoms with Crippen LogP contribution in [0.1, 0.15) is 18.1 Å². The highest BCUT2D eigenvalue weighted by Gasteiger charge is 2.42. The largest absolute Gasteiger partial charge is 0.459 e. The Hall–Kier alpha value is -3.43. The summed E-state index contributed by atoms with van der Waals surface area (Å²) in [6.07, 6.45) is 5.65. The molecule has 1 fully saturated rings. The van der Waals surface area contributed by atoms with Gasteiger partial charge >= 0.3 is 5.97 Å². The number of ether oxygens (including phenoxy) is 3. The minimum absolute atomic E-state index is 0.0266. The maximum atomic E-state index is 12.5. The number of carbonyl (C=O) groups excluding carboxylic acids is 3. The number of amides is 2. The molecule has 33 heavy (non-hydrogen) atoms. The van der Waals surface area contributed by atoms with Gasteiger partial charge in [0.05, 0.1) is 36.6 Å². The summed E-state index contributed by atoms with van der Waals surface area (Å²) in [5, 5.41) is 0. The minimum atomic E-state index is -0.742. The molecule has 172 valence electrons. The zero-order valence-corrected chi connectivity index (χ0v) is 18.5. The molecule has 4 heterocycles. The van der Waals surface area contributed by atoms with Crippen molar-refractivity contribution in [3.63, 3.8) is 0 Å². The number of hydrogen-bond acceptors (Lipinski definition) is 8. The molecule has 2 aromatic heterocycles. The summed E-state index contributed by atoms with van der Waals surface area (Å²) in [4.78, 5) is 46.8. The Morgan fingerprint density at radius 2 is 1.85 bits per heavy atom. The average molecular weight is 451 g/mol. The highest BCUT2D eigenvalue weighted by Crippen LogP contribution is 2.26. The molecule has 0 N–H and O–H groups in total. The van der Waals surface area contributed by atoms with Crippen molar-refractivity contribution in [3.05, 3.63) is 59.9 Å². The van der Waals surface area contributed by atoms with Gasteiger partial charge in [0, 0.05) is 12.4 Å². The second-order valence-corrected chi connectivity index (χ2v) is 8.00. The molecule has 0 radical (unpaired) electrons. The predicted octanol–water partition coefficient (Wildman–Crippen LogP) is 1.84. The van der Waals surface area contributed by atoms with Crippen LogP contribution in [0.25, 0.3) is 11.4 Å². The molecule has 0 aliphatic carbocycles. The lowest BCUT2D eigenvalue weighted by Crippen LogP contribution is -2.45. The van der Waals surface area contributed by atoms with Gasteiger partial charge in [-0.3, -0.25) is 24.5 Å². The lowest BCUT2D eigenvalue weighted by molar-refractivity contribution is -0.151. The monoisotopic (exact) mass is 451 g/mol. The first-order valence-corrected chi connectivity index (χ1v) is 10.7. The van der Waals surface area contributed by atoms with Gasteiger partial charge in [0.2, 0.25) is 5.91 Å². The van der Waals surface area contributed by atoms with E-state index in [0.717, 1.165) is 21.7 Å². The Balaban J connectivity index is 1.23. The van der Waals surface area contributed by atoms with E-state index in [4.69, 9.17) is 14.2 Å². The fraction of sp³-hybridized carbons (Fsp3) is 0.375. The molecule has 2 aromatic rings. The minimum Gasteiger partial charge on any atom is -0.459 e. The summed E-state index contributed by atoms with van der Waals surface area (Å²) in [7, 11) is 0. The molecule has 2 aliphatic rings. The van der Waals surface area contributed by atoms with Gasteiger partial charge in [-0.25, -0.2) is 4.79 Å². The van der Waals surface area contributed by atoms with Crippen LogP contribution in [0.5, 0.6) is 0 Å². The van der Waals surface area contributed by atoms with Gasteiger partial charge in [0.15, 0.2) is 6.10 Å². The Morgan fingerprint density at radius 1 is 1.09 bits per heavy atom. The van der Waals surface area contributed by atoms with Gasteiger partial charge in [0.1, 0.15) is 13.2 Å². The third kappa shape index (κ3) is 5.32. The van der Waals surface area contributed by atoms with Gasteiger partial charge in [-0.2, -0.15) is 0 Å². The number of fused-ring (bicyclic) bond motifs is 2. The van der Waals surface area contributed by atoms with Crippen LogP contribution in [0, 0.1) is 12.8 Å². The third-order valence-corrected chi connectivity index (χ3v) is 5.52. The standard InChI is InChI=1S/C24H25N3O6/c1-15-5-7-25-18(11-15)19-12-17(6-8-26-19)13-32-22(28)14-31-10-9-27-23(29)16(2)20-3-4-21(33-20)24(27)30/h3-8,11-12,16,20-21H,9-10,13-14H2,1-2H3. The number of pyridine rings is 2. The number of nitrogens with zero attached hydrogens (tertiary/aromatic N) is 3. The van der Waals surface area contributed by atoms with Crippen molar-refractivity contribution in [2.75, 3.05) is 19.8 Å². The Bertz CT molecular complexity index is 1090. The summed E-state index contributed by atoms with van der Waals surface area (Å²) in [5.74, 6) is -1.72. The number of rotatable bonds is 8. The Morgan fingerprint density at radius 3 is 2.64 bits per heavy atom. The molecular formula is C24H25N3O6. The molecule has 0 saturated carbocycles. The Labute approximate surface area is 191 Å². The number of aryl methyl sites for hydroxylation is 1. The highest BCUT2D eigenvalue weighted by atomic mass is 16.6. The van der Waals surface area contributed by atoms with Crippen molar-refractivity contribution in [1.29, 1.82) is 0 Å². The van der Waals surface area contributed by atoms with Crippen LogP contribution in [0.15, 0.2) is 48.8 Å². The topological polar surface area (TPSA) is 108 Å². The summed E-state index contributed by atoms with van der Waals surface area (Å²) >= 11 is 0. The van der Waals surface area contributed by atoms with E-state index >= 15 is 0 Å². The predicted molar refractivity (Wildman–Crippen MR) is 117 cm³/mol. The number of esters is 1. The maximum Gasteiger partial charge on any atom is 0.332 e. The molecule has 9 heteroatoms. The van der Waals surface area contributed by atoms with Gasteiger partial charge in [-0.1, -0.05) is 13.0 Å². The van der Waals surface area contributed by atoms with Gasteiger partial charge < -0.3 is 14.2 Å². The van der Waals surface area contributed by atoms with Crippen LogP contribution in [0.3, 0.4) is 0 Å². The molecular weight excluding hydrogens is 426 g/mol. The molecule has 3 unspecified atom stereocenters. The number of aromatic nitrogens is 2. The van der Waals surface area contributed by atoms with Crippen molar-refractivity contribution >= 4 is 17.8 Å². The third-order valence-electron chi connectivity index (χ3n) is 5.52. The van der Waals surface area contributed by atoms with Gasteiger partial charge in [-0.15, -0.1) is 0 Å². The molecule has 0 spiro atoms. The summed E-state index contributed by atoms with van der Waals surface area (Å²) < 4.78 is 16.2. The molecule has 0 aromatic carbocycles. The van der Waals surface area contributed by atoms with Crippen molar-refractivity contribution in [1.82, 2.24) is 14.9 Å². The summed E-state index contributed by atoms with van der Waals surface area (Å²) in [6, 6.07) is 7.41. The van der Waals surface area contributed by atoms with Crippen molar-refractivity contribution in [2.24, 2.45) is 5.92 Å². The second kappa shape index (κ2) is 10.0. The SMILES string of the molecule is Cc1ccnc(-c2cc(COC(=O)COCCN3C(=O)C4C=CC(O4)C(C)C3=O)ccn2)c1. The van der Waals surface area contributed by atoms with Crippen LogP contribution in [-0.4, -0.2) is 64.6 Å². The van der Waals surface area contributed by atoms with Gasteiger partial charge in [-0.05, 0) is 48.4 Å². The Kier molecular flexibility index (Phi) is 6.90. The van der Waals surface area contributed by atoms with Crippen molar-refractivity contribution in [3.8, 4) is 11.4 Å². The van der Waals surface area contributed by atoms with E-state index in [1.165, 1.54) is 0 Å².